The molecule has 3 aromatic rings. The Labute approximate surface area is 161 Å². The Morgan fingerprint density at radius 1 is 1.19 bits per heavy atom. The van der Waals surface area contributed by atoms with Crippen molar-refractivity contribution in [2.75, 3.05) is 11.9 Å². The van der Waals surface area contributed by atoms with Gasteiger partial charge in [0.25, 0.3) is 5.91 Å². The Bertz CT molecular complexity index is 960. The molecule has 0 saturated heterocycles. The lowest BCUT2D eigenvalue weighted by molar-refractivity contribution is 0.0533. The van der Waals surface area contributed by atoms with Gasteiger partial charge in [-0.25, -0.2) is 4.79 Å². The van der Waals surface area contributed by atoms with Crippen molar-refractivity contribution in [1.82, 2.24) is 9.78 Å². The molecule has 0 atom stereocenters. The molecular formula is C20H21N3O3S. The van der Waals surface area contributed by atoms with Gasteiger partial charge in [0.05, 0.1) is 12.3 Å². The number of aromatic nitrogens is 2. The SMILES string of the molecule is CCOC(=O)c1sc(-c2ccccc2)cc1NC(=O)c1cc(C)n(CC)n1. The zero-order valence-electron chi connectivity index (χ0n) is 15.5. The Morgan fingerprint density at radius 2 is 1.93 bits per heavy atom. The van der Waals surface area contributed by atoms with Crippen LogP contribution >= 0.6 is 11.3 Å². The molecule has 27 heavy (non-hydrogen) atoms. The number of thiophene rings is 1. The predicted octanol–water partition coefficient (Wildman–Crippen LogP) is 4.37. The summed E-state index contributed by atoms with van der Waals surface area (Å²) in [5.74, 6) is -0.802. The summed E-state index contributed by atoms with van der Waals surface area (Å²) in [6.07, 6.45) is 0. The second-order valence-corrected chi connectivity index (χ2v) is 6.93. The molecule has 1 aromatic carbocycles. The smallest absolute Gasteiger partial charge is 0.350 e. The van der Waals surface area contributed by atoms with E-state index >= 15 is 0 Å². The van der Waals surface area contributed by atoms with Gasteiger partial charge in [0.2, 0.25) is 0 Å². The van der Waals surface area contributed by atoms with Gasteiger partial charge < -0.3 is 10.1 Å². The molecule has 0 aliphatic rings. The first-order chi connectivity index (χ1) is 13.0. The van der Waals surface area contributed by atoms with Crippen molar-refractivity contribution in [3.63, 3.8) is 0 Å². The predicted molar refractivity (Wildman–Crippen MR) is 106 cm³/mol. The van der Waals surface area contributed by atoms with Gasteiger partial charge in [0.1, 0.15) is 4.88 Å². The molecule has 2 aromatic heterocycles. The highest BCUT2D eigenvalue weighted by molar-refractivity contribution is 7.18. The Hall–Kier alpha value is -2.93. The fourth-order valence-electron chi connectivity index (χ4n) is 2.70. The van der Waals surface area contributed by atoms with Crippen molar-refractivity contribution < 1.29 is 14.3 Å². The van der Waals surface area contributed by atoms with Gasteiger partial charge >= 0.3 is 5.97 Å². The Kier molecular flexibility index (Phi) is 5.71. The minimum absolute atomic E-state index is 0.269. The molecule has 0 bridgehead atoms. The molecule has 0 spiro atoms. The molecule has 6 nitrogen and oxygen atoms in total. The summed E-state index contributed by atoms with van der Waals surface area (Å²) in [6.45, 7) is 6.57. The largest absolute Gasteiger partial charge is 0.462 e. The number of nitrogens with zero attached hydrogens (tertiary/aromatic N) is 2. The maximum Gasteiger partial charge on any atom is 0.350 e. The molecule has 0 saturated carbocycles. The average Bonchev–Trinajstić information content (AvgIpc) is 3.26. The second-order valence-electron chi connectivity index (χ2n) is 5.88. The third-order valence-corrected chi connectivity index (χ3v) is 5.18. The third-order valence-electron chi connectivity index (χ3n) is 4.01. The molecule has 1 N–H and O–H groups in total. The topological polar surface area (TPSA) is 73.2 Å². The number of nitrogens with one attached hydrogen (secondary N) is 1. The van der Waals surface area contributed by atoms with Crippen LogP contribution in [0.2, 0.25) is 0 Å². The zero-order chi connectivity index (χ0) is 19.4. The van der Waals surface area contributed by atoms with Crippen LogP contribution in [0, 0.1) is 6.92 Å². The van der Waals surface area contributed by atoms with Crippen LogP contribution in [0.4, 0.5) is 5.69 Å². The van der Waals surface area contributed by atoms with Crippen LogP contribution in [0.25, 0.3) is 10.4 Å². The number of esters is 1. The molecule has 0 unspecified atom stereocenters. The number of amides is 1. The van der Waals surface area contributed by atoms with E-state index < -0.39 is 5.97 Å². The van der Waals surface area contributed by atoms with E-state index in [2.05, 4.69) is 10.4 Å². The third kappa shape index (κ3) is 4.09. The van der Waals surface area contributed by atoms with E-state index in [1.807, 2.05) is 44.2 Å². The Balaban J connectivity index is 1.93. The standard InChI is InChI=1S/C20H21N3O3S/c1-4-23-13(3)11-16(22-23)19(24)21-15-12-17(14-9-7-6-8-10-14)27-18(15)20(25)26-5-2/h6-12H,4-5H2,1-3H3,(H,21,24). The number of aryl methyl sites for hydroxylation is 2. The highest BCUT2D eigenvalue weighted by Gasteiger charge is 2.21. The second kappa shape index (κ2) is 8.18. The van der Waals surface area contributed by atoms with E-state index in [4.69, 9.17) is 4.74 Å². The minimum Gasteiger partial charge on any atom is -0.462 e. The summed E-state index contributed by atoms with van der Waals surface area (Å²) in [5, 5.41) is 7.11. The average molecular weight is 383 g/mol. The first-order valence-corrected chi connectivity index (χ1v) is 9.57. The molecular weight excluding hydrogens is 362 g/mol. The number of carbonyl (C=O) groups is 2. The molecule has 140 valence electrons. The summed E-state index contributed by atoms with van der Waals surface area (Å²) in [5.41, 5.74) is 2.63. The summed E-state index contributed by atoms with van der Waals surface area (Å²) in [4.78, 5) is 26.2. The normalized spacial score (nSPS) is 10.6. The van der Waals surface area contributed by atoms with Crippen molar-refractivity contribution in [2.45, 2.75) is 27.3 Å². The first kappa shape index (κ1) is 18.8. The van der Waals surface area contributed by atoms with Gasteiger partial charge in [-0.1, -0.05) is 30.3 Å². The van der Waals surface area contributed by atoms with Crippen molar-refractivity contribution in [2.24, 2.45) is 0 Å². The van der Waals surface area contributed by atoms with Crippen molar-refractivity contribution in [3.05, 3.63) is 58.7 Å². The van der Waals surface area contributed by atoms with E-state index in [9.17, 15) is 9.59 Å². The number of rotatable bonds is 6. The molecule has 0 fully saturated rings. The van der Waals surface area contributed by atoms with Crippen LogP contribution in [0.1, 0.15) is 39.7 Å². The van der Waals surface area contributed by atoms with Crippen LogP contribution < -0.4 is 5.32 Å². The van der Waals surface area contributed by atoms with Crippen LogP contribution in [0.3, 0.4) is 0 Å². The number of hydrogen-bond acceptors (Lipinski definition) is 5. The number of anilines is 1. The van der Waals surface area contributed by atoms with Crippen LogP contribution in [-0.2, 0) is 11.3 Å². The highest BCUT2D eigenvalue weighted by Crippen LogP contribution is 2.35. The van der Waals surface area contributed by atoms with Gasteiger partial charge in [-0.15, -0.1) is 11.3 Å². The van der Waals surface area contributed by atoms with Crippen LogP contribution in [-0.4, -0.2) is 28.3 Å². The van der Waals surface area contributed by atoms with Gasteiger partial charge in [0, 0.05) is 17.1 Å². The molecule has 1 amide bonds. The van der Waals surface area contributed by atoms with Crippen molar-refractivity contribution in [1.29, 1.82) is 0 Å². The van der Waals surface area contributed by atoms with Gasteiger partial charge in [-0.3, -0.25) is 9.48 Å². The first-order valence-electron chi connectivity index (χ1n) is 8.75. The lowest BCUT2D eigenvalue weighted by atomic mass is 10.2. The van der Waals surface area contributed by atoms with E-state index in [0.29, 0.717) is 22.8 Å². The summed E-state index contributed by atoms with van der Waals surface area (Å²) in [6, 6.07) is 13.2. The fraction of sp³-hybridized carbons (Fsp3) is 0.250. The molecule has 3 rings (SSSR count). The van der Waals surface area contributed by atoms with Gasteiger partial charge in [-0.05, 0) is 38.5 Å². The van der Waals surface area contributed by atoms with E-state index in [1.165, 1.54) is 11.3 Å². The summed E-state index contributed by atoms with van der Waals surface area (Å²) >= 11 is 1.30. The monoisotopic (exact) mass is 383 g/mol. The Morgan fingerprint density at radius 3 is 2.56 bits per heavy atom. The maximum atomic E-state index is 12.6. The molecule has 0 aliphatic carbocycles. The molecule has 0 aliphatic heterocycles. The van der Waals surface area contributed by atoms with E-state index in [0.717, 1.165) is 16.1 Å². The number of ether oxygens (including phenoxy) is 1. The fourth-order valence-corrected chi connectivity index (χ4v) is 3.72. The van der Waals surface area contributed by atoms with Crippen LogP contribution in [0.15, 0.2) is 42.5 Å². The maximum absolute atomic E-state index is 12.6. The number of hydrogen-bond donors (Lipinski definition) is 1. The zero-order valence-corrected chi connectivity index (χ0v) is 16.3. The summed E-state index contributed by atoms with van der Waals surface area (Å²) in [7, 11) is 0. The van der Waals surface area contributed by atoms with Gasteiger partial charge in [-0.2, -0.15) is 5.10 Å². The lowest BCUT2D eigenvalue weighted by Crippen LogP contribution is -2.15. The number of benzene rings is 1. The van der Waals surface area contributed by atoms with Crippen molar-refractivity contribution >= 4 is 28.9 Å². The van der Waals surface area contributed by atoms with Crippen molar-refractivity contribution in [3.8, 4) is 10.4 Å². The van der Waals surface area contributed by atoms with E-state index in [-0.39, 0.29) is 12.5 Å². The molecule has 7 heteroatoms. The quantitative estimate of drug-likeness (QED) is 0.642. The van der Waals surface area contributed by atoms with Crippen LogP contribution in [0.5, 0.6) is 0 Å². The molecule has 0 radical (unpaired) electrons. The lowest BCUT2D eigenvalue weighted by Gasteiger charge is -2.04. The van der Waals surface area contributed by atoms with Gasteiger partial charge in [0.15, 0.2) is 5.69 Å². The van der Waals surface area contributed by atoms with E-state index in [1.54, 1.807) is 23.7 Å². The molecule has 2 heterocycles. The number of carbonyl (C=O) groups excluding carboxylic acids is 2. The minimum atomic E-state index is -0.449. The summed E-state index contributed by atoms with van der Waals surface area (Å²) < 4.78 is 6.90. The highest BCUT2D eigenvalue weighted by atomic mass is 32.1.